The third kappa shape index (κ3) is 3.83. The minimum absolute atomic E-state index is 0.256. The number of hydrogen-bond acceptors (Lipinski definition) is 4. The zero-order valence-corrected chi connectivity index (χ0v) is 13.6. The Morgan fingerprint density at radius 2 is 1.91 bits per heavy atom. The lowest BCUT2D eigenvalue weighted by Crippen LogP contribution is -2.53. The highest BCUT2D eigenvalue weighted by atomic mass is 35.5. The Kier molecular flexibility index (Phi) is 4.86. The standard InChI is InChI=1S/C12H12Cl2N2O5S/c1-7(21-9-4-2-8(13)3-5-9)16-6-10(14)11(15-12(16)17)22(18,19)20/h2-7,11H,1H3,(H,15,17)(H,18,19,20). The second-order valence-electron chi connectivity index (χ2n) is 4.44. The van der Waals surface area contributed by atoms with Crippen molar-refractivity contribution in [1.82, 2.24) is 10.2 Å². The smallest absolute Gasteiger partial charge is 0.325 e. The topological polar surface area (TPSA) is 95.9 Å². The second kappa shape index (κ2) is 6.33. The first-order valence-corrected chi connectivity index (χ1v) is 8.29. The summed E-state index contributed by atoms with van der Waals surface area (Å²) in [5.41, 5.74) is 0. The molecule has 10 heteroatoms. The van der Waals surface area contributed by atoms with E-state index in [0.717, 1.165) is 11.1 Å². The molecule has 2 atom stereocenters. The van der Waals surface area contributed by atoms with Crippen LogP contribution in [0.15, 0.2) is 35.5 Å². The molecule has 2 N–H and O–H groups in total. The summed E-state index contributed by atoms with van der Waals surface area (Å²) in [5, 5.41) is 0.681. The number of benzene rings is 1. The summed E-state index contributed by atoms with van der Waals surface area (Å²) >= 11 is 11.5. The fraction of sp³-hybridized carbons (Fsp3) is 0.250. The molecule has 0 radical (unpaired) electrons. The average molecular weight is 367 g/mol. The predicted molar refractivity (Wildman–Crippen MR) is 81.2 cm³/mol. The molecule has 1 heterocycles. The minimum Gasteiger partial charge on any atom is -0.470 e. The second-order valence-corrected chi connectivity index (χ2v) is 6.81. The first kappa shape index (κ1) is 16.9. The third-order valence-electron chi connectivity index (χ3n) is 2.81. The van der Waals surface area contributed by atoms with Crippen molar-refractivity contribution in [1.29, 1.82) is 0 Å². The Morgan fingerprint density at radius 3 is 2.45 bits per heavy atom. The van der Waals surface area contributed by atoms with Crippen molar-refractivity contribution in [2.24, 2.45) is 0 Å². The van der Waals surface area contributed by atoms with Gasteiger partial charge in [0.25, 0.3) is 10.1 Å². The molecule has 0 aromatic heterocycles. The molecule has 22 heavy (non-hydrogen) atoms. The predicted octanol–water partition coefficient (Wildman–Crippen LogP) is 2.38. The first-order chi connectivity index (χ1) is 10.2. The number of ether oxygens (including phenoxy) is 1. The summed E-state index contributed by atoms with van der Waals surface area (Å²) < 4.78 is 36.7. The largest absolute Gasteiger partial charge is 0.470 e. The molecule has 7 nitrogen and oxygen atoms in total. The van der Waals surface area contributed by atoms with E-state index in [4.69, 9.17) is 32.5 Å². The molecule has 1 aromatic rings. The number of nitrogens with one attached hydrogen (secondary N) is 1. The maximum atomic E-state index is 11.9. The van der Waals surface area contributed by atoms with E-state index in [2.05, 4.69) is 5.32 Å². The zero-order chi connectivity index (χ0) is 16.5. The van der Waals surface area contributed by atoms with Gasteiger partial charge in [-0.25, -0.2) is 4.79 Å². The van der Waals surface area contributed by atoms with Crippen molar-refractivity contribution in [3.63, 3.8) is 0 Å². The van der Waals surface area contributed by atoms with Crippen molar-refractivity contribution in [2.75, 3.05) is 0 Å². The fourth-order valence-electron chi connectivity index (χ4n) is 1.77. The average Bonchev–Trinajstić information content (AvgIpc) is 2.42. The quantitative estimate of drug-likeness (QED) is 0.797. The van der Waals surface area contributed by atoms with Crippen molar-refractivity contribution >= 4 is 39.4 Å². The Bertz CT molecular complexity index is 705. The normalized spacial score (nSPS) is 20.2. The van der Waals surface area contributed by atoms with Crippen molar-refractivity contribution < 1.29 is 22.5 Å². The number of amides is 2. The van der Waals surface area contributed by atoms with Crippen LogP contribution in [-0.4, -0.2) is 35.5 Å². The lowest BCUT2D eigenvalue weighted by atomic mass is 10.3. The fourth-order valence-corrected chi connectivity index (χ4v) is 2.99. The summed E-state index contributed by atoms with van der Waals surface area (Å²) in [5.74, 6) is 0.464. The molecule has 0 fully saturated rings. The lowest BCUT2D eigenvalue weighted by molar-refractivity contribution is 0.0922. The molecule has 1 aromatic carbocycles. The van der Waals surface area contributed by atoms with Gasteiger partial charge in [-0.05, 0) is 31.2 Å². The van der Waals surface area contributed by atoms with E-state index in [9.17, 15) is 13.2 Å². The van der Waals surface area contributed by atoms with Gasteiger partial charge in [0, 0.05) is 11.2 Å². The maximum Gasteiger partial charge on any atom is 0.325 e. The van der Waals surface area contributed by atoms with E-state index < -0.39 is 27.8 Å². The molecule has 0 spiro atoms. The Hall–Kier alpha value is -1.48. The summed E-state index contributed by atoms with van der Waals surface area (Å²) in [6.07, 6.45) is 0.330. The Morgan fingerprint density at radius 1 is 1.32 bits per heavy atom. The van der Waals surface area contributed by atoms with Gasteiger partial charge in [-0.1, -0.05) is 23.2 Å². The van der Waals surface area contributed by atoms with Gasteiger partial charge in [0.1, 0.15) is 5.75 Å². The van der Waals surface area contributed by atoms with Gasteiger partial charge in [0.15, 0.2) is 11.6 Å². The van der Waals surface area contributed by atoms with Gasteiger partial charge < -0.3 is 10.1 Å². The summed E-state index contributed by atoms with van der Waals surface area (Å²) in [7, 11) is -4.54. The van der Waals surface area contributed by atoms with Crippen LogP contribution in [0.3, 0.4) is 0 Å². The van der Waals surface area contributed by atoms with E-state index in [1.54, 1.807) is 31.2 Å². The van der Waals surface area contributed by atoms with Crippen molar-refractivity contribution in [3.8, 4) is 5.75 Å². The van der Waals surface area contributed by atoms with Gasteiger partial charge in [0.05, 0.1) is 5.03 Å². The first-order valence-electron chi connectivity index (χ1n) is 6.03. The Labute approximate surface area is 137 Å². The zero-order valence-electron chi connectivity index (χ0n) is 11.2. The third-order valence-corrected chi connectivity index (χ3v) is 4.48. The number of urea groups is 1. The van der Waals surface area contributed by atoms with Crippen LogP contribution in [0.4, 0.5) is 4.79 Å². The molecule has 2 unspecified atom stereocenters. The molecule has 0 bridgehead atoms. The highest BCUT2D eigenvalue weighted by molar-refractivity contribution is 7.86. The van der Waals surface area contributed by atoms with Crippen LogP contribution in [0, 0.1) is 0 Å². The molecule has 2 rings (SSSR count). The number of nitrogens with zero attached hydrogens (tertiary/aromatic N) is 1. The monoisotopic (exact) mass is 366 g/mol. The minimum atomic E-state index is -4.54. The van der Waals surface area contributed by atoms with Gasteiger partial charge in [-0.3, -0.25) is 9.45 Å². The van der Waals surface area contributed by atoms with Crippen molar-refractivity contribution in [3.05, 3.63) is 40.5 Å². The molecule has 1 aliphatic heterocycles. The van der Waals surface area contributed by atoms with Crippen LogP contribution >= 0.6 is 23.2 Å². The SMILES string of the molecule is CC(Oc1ccc(Cl)cc1)N1C=C(Cl)C(S(=O)(=O)O)NC1=O. The van der Waals surface area contributed by atoms with Crippen LogP contribution in [-0.2, 0) is 10.1 Å². The van der Waals surface area contributed by atoms with Crippen LogP contribution in [0.1, 0.15) is 6.92 Å². The highest BCUT2D eigenvalue weighted by Crippen LogP contribution is 2.23. The van der Waals surface area contributed by atoms with Crippen LogP contribution in [0.5, 0.6) is 5.75 Å². The van der Waals surface area contributed by atoms with Crippen LogP contribution < -0.4 is 10.1 Å². The van der Waals surface area contributed by atoms with E-state index in [-0.39, 0.29) is 5.03 Å². The van der Waals surface area contributed by atoms with Gasteiger partial charge in [-0.2, -0.15) is 8.42 Å². The Balaban J connectivity index is 2.16. The number of carbonyl (C=O) groups excluding carboxylic acids is 1. The molecule has 0 saturated carbocycles. The van der Waals surface area contributed by atoms with E-state index in [1.165, 1.54) is 0 Å². The van der Waals surface area contributed by atoms with Crippen molar-refractivity contribution in [2.45, 2.75) is 18.5 Å². The number of halogens is 2. The molecule has 0 saturated heterocycles. The molecular formula is C12H12Cl2N2O5S. The van der Waals surface area contributed by atoms with E-state index in [1.807, 2.05) is 0 Å². The van der Waals surface area contributed by atoms with Gasteiger partial charge in [0.2, 0.25) is 0 Å². The molecule has 1 aliphatic rings. The van der Waals surface area contributed by atoms with Crippen LogP contribution in [0.2, 0.25) is 5.02 Å². The summed E-state index contributed by atoms with van der Waals surface area (Å²) in [4.78, 5) is 13.0. The molecule has 2 amide bonds. The number of rotatable bonds is 4. The van der Waals surface area contributed by atoms with E-state index in [0.29, 0.717) is 10.8 Å². The number of carbonyl (C=O) groups is 1. The molecular weight excluding hydrogens is 355 g/mol. The molecule has 120 valence electrons. The summed E-state index contributed by atoms with van der Waals surface area (Å²) in [6, 6.07) is 5.71. The molecule has 0 aliphatic carbocycles. The highest BCUT2D eigenvalue weighted by Gasteiger charge is 2.36. The lowest BCUT2D eigenvalue weighted by Gasteiger charge is -2.32. The maximum absolute atomic E-state index is 11.9. The van der Waals surface area contributed by atoms with Gasteiger partial charge >= 0.3 is 6.03 Å². The van der Waals surface area contributed by atoms with E-state index >= 15 is 0 Å². The summed E-state index contributed by atoms with van der Waals surface area (Å²) in [6.45, 7) is 1.57. The van der Waals surface area contributed by atoms with Crippen LogP contribution in [0.25, 0.3) is 0 Å². The van der Waals surface area contributed by atoms with Gasteiger partial charge in [-0.15, -0.1) is 0 Å². The number of hydrogen-bond donors (Lipinski definition) is 2.